The van der Waals surface area contributed by atoms with Crippen molar-refractivity contribution in [3.05, 3.63) is 70.2 Å². The molecule has 148 valence electrons. The summed E-state index contributed by atoms with van der Waals surface area (Å²) in [6.45, 7) is 0.771. The van der Waals surface area contributed by atoms with E-state index in [0.717, 1.165) is 24.4 Å². The van der Waals surface area contributed by atoms with Gasteiger partial charge in [0.25, 0.3) is 0 Å². The Balaban J connectivity index is 1.34. The average Bonchev–Trinajstić information content (AvgIpc) is 3.53. The maximum absolute atomic E-state index is 12.8. The second-order valence-corrected chi connectivity index (χ2v) is 8.97. The van der Waals surface area contributed by atoms with Crippen LogP contribution in [0.1, 0.15) is 67.1 Å². The van der Waals surface area contributed by atoms with Gasteiger partial charge in [0.05, 0.1) is 0 Å². The van der Waals surface area contributed by atoms with Crippen LogP contribution < -0.4 is 0 Å². The summed E-state index contributed by atoms with van der Waals surface area (Å²) >= 11 is 6.65. The lowest BCUT2D eigenvalue weighted by Gasteiger charge is -2.23. The number of amides is 1. The number of carbonyl (C=O) groups excluding carboxylic acids is 1. The smallest absolute Gasteiger partial charge is 0.226 e. The Morgan fingerprint density at radius 1 is 1.07 bits per heavy atom. The maximum Gasteiger partial charge on any atom is 0.226 e. The Kier molecular flexibility index (Phi) is 6.06. The highest BCUT2D eigenvalue weighted by Crippen LogP contribution is 2.49. The summed E-state index contributed by atoms with van der Waals surface area (Å²) in [7, 11) is 1.93. The van der Waals surface area contributed by atoms with E-state index >= 15 is 0 Å². The molecule has 0 radical (unpaired) electrons. The highest BCUT2D eigenvalue weighted by Gasteiger charge is 2.45. The molecule has 0 bridgehead atoms. The first-order valence-electron chi connectivity index (χ1n) is 10.7. The topological polar surface area (TPSA) is 20.3 Å². The minimum Gasteiger partial charge on any atom is -0.345 e. The van der Waals surface area contributed by atoms with Crippen molar-refractivity contribution in [1.29, 1.82) is 0 Å². The minimum absolute atomic E-state index is 0.123. The van der Waals surface area contributed by atoms with Crippen LogP contribution in [-0.4, -0.2) is 24.4 Å². The van der Waals surface area contributed by atoms with E-state index in [1.807, 2.05) is 18.0 Å². The number of rotatable bonds is 6. The van der Waals surface area contributed by atoms with E-state index in [1.165, 1.54) is 48.8 Å². The summed E-state index contributed by atoms with van der Waals surface area (Å²) < 4.78 is 0. The fourth-order valence-electron chi connectivity index (χ4n) is 4.69. The lowest BCUT2D eigenvalue weighted by Crippen LogP contribution is -2.30. The lowest BCUT2D eigenvalue weighted by atomic mass is 9.83. The molecule has 2 unspecified atom stereocenters. The summed E-state index contributed by atoms with van der Waals surface area (Å²) in [5.74, 6) is 1.35. The summed E-state index contributed by atoms with van der Waals surface area (Å²) in [4.78, 5) is 14.7. The van der Waals surface area contributed by atoms with E-state index in [9.17, 15) is 4.79 Å². The molecular weight excluding hydrogens is 366 g/mol. The number of likely N-dealkylation sites (N-methyl/N-ethyl adjacent to an activating group) is 1. The van der Waals surface area contributed by atoms with E-state index in [1.54, 1.807) is 0 Å². The van der Waals surface area contributed by atoms with Crippen LogP contribution in [0, 0.1) is 5.92 Å². The van der Waals surface area contributed by atoms with Gasteiger partial charge in [-0.2, -0.15) is 0 Å². The Bertz CT molecular complexity index is 813. The first kappa shape index (κ1) is 19.5. The number of halogens is 1. The molecule has 2 saturated carbocycles. The molecule has 2 aromatic rings. The fraction of sp³-hybridized carbons (Fsp3) is 0.480. The van der Waals surface area contributed by atoms with Crippen LogP contribution in [0.3, 0.4) is 0 Å². The summed E-state index contributed by atoms with van der Waals surface area (Å²) in [6, 6.07) is 16.9. The third kappa shape index (κ3) is 4.43. The highest BCUT2D eigenvalue weighted by molar-refractivity contribution is 6.31. The summed E-state index contributed by atoms with van der Waals surface area (Å²) in [5.41, 5.74) is 3.83. The first-order valence-corrected chi connectivity index (χ1v) is 11.1. The molecule has 2 fully saturated rings. The van der Waals surface area contributed by atoms with Crippen LogP contribution in [0.5, 0.6) is 0 Å². The molecule has 2 aliphatic carbocycles. The molecule has 0 N–H and O–H groups in total. The molecule has 4 rings (SSSR count). The normalized spacial score (nSPS) is 22.1. The lowest BCUT2D eigenvalue weighted by molar-refractivity contribution is -0.131. The molecule has 0 spiro atoms. The molecule has 0 aromatic heterocycles. The zero-order valence-electron chi connectivity index (χ0n) is 16.7. The Hall–Kier alpha value is -1.80. The highest BCUT2D eigenvalue weighted by atomic mass is 35.5. The van der Waals surface area contributed by atoms with Crippen LogP contribution in [0.4, 0.5) is 0 Å². The van der Waals surface area contributed by atoms with Crippen molar-refractivity contribution >= 4 is 17.5 Å². The Labute approximate surface area is 173 Å². The average molecular weight is 396 g/mol. The predicted molar refractivity (Wildman–Crippen MR) is 116 cm³/mol. The van der Waals surface area contributed by atoms with Crippen LogP contribution in [-0.2, 0) is 11.2 Å². The van der Waals surface area contributed by atoms with Gasteiger partial charge in [-0.3, -0.25) is 4.79 Å². The molecular formula is C25H30ClNO. The van der Waals surface area contributed by atoms with E-state index in [4.69, 9.17) is 11.6 Å². The second-order valence-electron chi connectivity index (χ2n) is 8.56. The van der Waals surface area contributed by atoms with Gasteiger partial charge in [-0.1, -0.05) is 73.3 Å². The second kappa shape index (κ2) is 8.69. The van der Waals surface area contributed by atoms with Gasteiger partial charge in [0.15, 0.2) is 0 Å². The first-order chi connectivity index (χ1) is 13.6. The van der Waals surface area contributed by atoms with Gasteiger partial charge in [-0.15, -0.1) is 0 Å². The maximum atomic E-state index is 12.8. The minimum atomic E-state index is 0.123. The van der Waals surface area contributed by atoms with Gasteiger partial charge < -0.3 is 4.90 Å². The van der Waals surface area contributed by atoms with Crippen molar-refractivity contribution in [3.63, 3.8) is 0 Å². The molecule has 0 heterocycles. The SMILES string of the molecule is CN(CCc1ccccc1)C(=O)C1CC1c1ccc(C2CCCCC2)c(Cl)c1. The van der Waals surface area contributed by atoms with Gasteiger partial charge in [-0.05, 0) is 60.3 Å². The number of nitrogens with zero attached hydrogens (tertiary/aromatic N) is 1. The molecule has 2 atom stereocenters. The number of hydrogen-bond acceptors (Lipinski definition) is 1. The van der Waals surface area contributed by atoms with Crippen LogP contribution in [0.25, 0.3) is 0 Å². The summed E-state index contributed by atoms with van der Waals surface area (Å²) in [5, 5.41) is 0.903. The van der Waals surface area contributed by atoms with Gasteiger partial charge in [0.2, 0.25) is 5.91 Å². The van der Waals surface area contributed by atoms with Gasteiger partial charge in [0, 0.05) is 24.5 Å². The Morgan fingerprint density at radius 3 is 2.54 bits per heavy atom. The molecule has 0 aliphatic heterocycles. The molecule has 2 nitrogen and oxygen atoms in total. The number of hydrogen-bond donors (Lipinski definition) is 0. The molecule has 2 aliphatic rings. The Morgan fingerprint density at radius 2 is 1.82 bits per heavy atom. The standard InChI is InChI=1S/C25H30ClNO/c1-27(15-14-18-8-4-2-5-9-18)25(28)23-17-22(23)20-12-13-21(24(26)16-20)19-10-6-3-7-11-19/h2,4-5,8-9,12-13,16,19,22-23H,3,6-7,10-11,14-15,17H2,1H3. The monoisotopic (exact) mass is 395 g/mol. The molecule has 28 heavy (non-hydrogen) atoms. The molecule has 2 aromatic carbocycles. The third-order valence-electron chi connectivity index (χ3n) is 6.56. The molecule has 3 heteroatoms. The molecule has 1 amide bonds. The van der Waals surface area contributed by atoms with Crippen molar-refractivity contribution in [2.45, 2.75) is 56.8 Å². The zero-order valence-corrected chi connectivity index (χ0v) is 17.5. The van der Waals surface area contributed by atoms with Crippen LogP contribution >= 0.6 is 11.6 Å². The quantitative estimate of drug-likeness (QED) is 0.570. The summed E-state index contributed by atoms with van der Waals surface area (Å²) in [6.07, 6.45) is 8.37. The van der Waals surface area contributed by atoms with Crippen molar-refractivity contribution in [2.24, 2.45) is 5.92 Å². The third-order valence-corrected chi connectivity index (χ3v) is 6.89. The number of carbonyl (C=O) groups is 1. The van der Waals surface area contributed by atoms with Crippen molar-refractivity contribution in [2.75, 3.05) is 13.6 Å². The largest absolute Gasteiger partial charge is 0.345 e. The number of benzene rings is 2. The van der Waals surface area contributed by atoms with Crippen LogP contribution in [0.2, 0.25) is 5.02 Å². The predicted octanol–water partition coefficient (Wildman–Crippen LogP) is 6.19. The van der Waals surface area contributed by atoms with Crippen molar-refractivity contribution < 1.29 is 4.79 Å². The van der Waals surface area contributed by atoms with E-state index in [2.05, 4.69) is 42.5 Å². The van der Waals surface area contributed by atoms with Crippen LogP contribution in [0.15, 0.2) is 48.5 Å². The van der Waals surface area contributed by atoms with Gasteiger partial charge in [0.1, 0.15) is 0 Å². The van der Waals surface area contributed by atoms with E-state index < -0.39 is 0 Å². The van der Waals surface area contributed by atoms with Crippen molar-refractivity contribution in [1.82, 2.24) is 4.90 Å². The molecule has 0 saturated heterocycles. The fourth-order valence-corrected chi connectivity index (χ4v) is 5.03. The van der Waals surface area contributed by atoms with Gasteiger partial charge in [-0.25, -0.2) is 0 Å². The van der Waals surface area contributed by atoms with Crippen molar-refractivity contribution in [3.8, 4) is 0 Å². The zero-order chi connectivity index (χ0) is 19.5. The van der Waals surface area contributed by atoms with E-state index in [0.29, 0.717) is 11.8 Å². The van der Waals surface area contributed by atoms with E-state index in [-0.39, 0.29) is 11.8 Å². The van der Waals surface area contributed by atoms with Gasteiger partial charge >= 0.3 is 0 Å².